The summed E-state index contributed by atoms with van der Waals surface area (Å²) in [6.07, 6.45) is 1.49. The molecule has 1 aromatic carbocycles. The van der Waals surface area contributed by atoms with Crippen molar-refractivity contribution < 1.29 is 24.2 Å². The molecular weight excluding hydrogens is 322 g/mol. The van der Waals surface area contributed by atoms with Crippen LogP contribution in [0.25, 0.3) is 0 Å². The van der Waals surface area contributed by atoms with Gasteiger partial charge >= 0.3 is 5.97 Å². The van der Waals surface area contributed by atoms with Crippen LogP contribution in [0.2, 0.25) is 0 Å². The topological polar surface area (TPSA) is 76.1 Å². The van der Waals surface area contributed by atoms with Crippen molar-refractivity contribution in [2.45, 2.75) is 39.2 Å². The molecule has 6 heteroatoms. The number of nitrogens with zero attached hydrogens (tertiary/aromatic N) is 1. The monoisotopic (exact) mass is 351 g/mol. The summed E-state index contributed by atoms with van der Waals surface area (Å²) in [5, 5.41) is 9.54. The van der Waals surface area contributed by atoms with Crippen molar-refractivity contribution in [3.8, 4) is 5.75 Å². The van der Waals surface area contributed by atoms with Crippen molar-refractivity contribution in [1.29, 1.82) is 0 Å². The van der Waals surface area contributed by atoms with Crippen LogP contribution in [-0.2, 0) is 14.3 Å². The molecule has 0 radical (unpaired) electrons. The van der Waals surface area contributed by atoms with Crippen molar-refractivity contribution in [3.63, 3.8) is 0 Å². The number of benzene rings is 1. The Labute approximate surface area is 149 Å². The first-order chi connectivity index (χ1) is 12.0. The molecule has 0 bridgehead atoms. The molecule has 0 fully saturated rings. The number of para-hydroxylation sites is 1. The van der Waals surface area contributed by atoms with E-state index in [2.05, 4.69) is 0 Å². The van der Waals surface area contributed by atoms with Gasteiger partial charge in [-0.15, -0.1) is 0 Å². The normalized spacial score (nSPS) is 13.0. The third-order valence-electron chi connectivity index (χ3n) is 4.06. The van der Waals surface area contributed by atoms with Gasteiger partial charge in [0.25, 0.3) is 0 Å². The maximum atomic E-state index is 12.6. The van der Waals surface area contributed by atoms with E-state index in [0.29, 0.717) is 25.9 Å². The van der Waals surface area contributed by atoms with E-state index in [-0.39, 0.29) is 31.1 Å². The number of aliphatic hydroxyl groups excluding tert-OH is 1. The molecule has 0 saturated carbocycles. The quantitative estimate of drug-likeness (QED) is 0.489. The number of amides is 1. The molecule has 25 heavy (non-hydrogen) atoms. The largest absolute Gasteiger partial charge is 0.494 e. The summed E-state index contributed by atoms with van der Waals surface area (Å²) in [4.78, 5) is 25.8. The number of rotatable bonds is 11. The van der Waals surface area contributed by atoms with Crippen molar-refractivity contribution in [1.82, 2.24) is 4.90 Å². The van der Waals surface area contributed by atoms with Gasteiger partial charge in [-0.25, -0.2) is 0 Å². The minimum Gasteiger partial charge on any atom is -0.494 e. The molecule has 0 spiro atoms. The molecule has 6 nitrogen and oxygen atoms in total. The van der Waals surface area contributed by atoms with Crippen molar-refractivity contribution in [3.05, 3.63) is 30.3 Å². The molecule has 2 atom stereocenters. The Morgan fingerprint density at radius 2 is 1.92 bits per heavy atom. The molecule has 1 amide bonds. The Bertz CT molecular complexity index is 516. The molecule has 0 saturated heterocycles. The lowest BCUT2D eigenvalue weighted by molar-refractivity contribution is -0.147. The van der Waals surface area contributed by atoms with E-state index in [1.54, 1.807) is 11.8 Å². The first-order valence-electron chi connectivity index (χ1n) is 8.69. The van der Waals surface area contributed by atoms with Gasteiger partial charge in [-0.1, -0.05) is 32.0 Å². The van der Waals surface area contributed by atoms with Gasteiger partial charge < -0.3 is 19.5 Å². The zero-order valence-corrected chi connectivity index (χ0v) is 15.3. The van der Waals surface area contributed by atoms with E-state index in [9.17, 15) is 14.7 Å². The molecule has 0 aliphatic heterocycles. The fraction of sp³-hybridized carbons (Fsp3) is 0.579. The fourth-order valence-electron chi connectivity index (χ4n) is 2.55. The summed E-state index contributed by atoms with van der Waals surface area (Å²) in [7, 11) is 1.33. The number of carbonyl (C=O) groups is 2. The standard InChI is InChI=1S/C19H29NO5/c1-4-16(14-21)20(13-15(2)19(23)24-3)18(22)11-8-12-25-17-9-6-5-7-10-17/h5-7,9-10,15-16,21H,4,8,11-14H2,1-3H3. The number of esters is 1. The van der Waals surface area contributed by atoms with E-state index in [1.165, 1.54) is 7.11 Å². The van der Waals surface area contributed by atoms with Crippen LogP contribution in [0, 0.1) is 5.92 Å². The first-order valence-corrected chi connectivity index (χ1v) is 8.69. The Balaban J connectivity index is 2.55. The third-order valence-corrected chi connectivity index (χ3v) is 4.06. The second kappa shape index (κ2) is 11.5. The highest BCUT2D eigenvalue weighted by atomic mass is 16.5. The lowest BCUT2D eigenvalue weighted by atomic mass is 10.1. The summed E-state index contributed by atoms with van der Waals surface area (Å²) >= 11 is 0. The van der Waals surface area contributed by atoms with Gasteiger partial charge in [0.15, 0.2) is 0 Å². The van der Waals surface area contributed by atoms with E-state index >= 15 is 0 Å². The van der Waals surface area contributed by atoms with Crippen molar-refractivity contribution in [2.24, 2.45) is 5.92 Å². The van der Waals surface area contributed by atoms with Gasteiger partial charge in [0.1, 0.15) is 5.75 Å². The predicted octanol–water partition coefficient (Wildman–Crippen LogP) is 2.25. The Morgan fingerprint density at radius 1 is 1.24 bits per heavy atom. The smallest absolute Gasteiger partial charge is 0.310 e. The molecule has 140 valence electrons. The van der Waals surface area contributed by atoms with Gasteiger partial charge in [-0.2, -0.15) is 0 Å². The second-order valence-corrected chi connectivity index (χ2v) is 5.98. The van der Waals surface area contributed by atoms with Crippen molar-refractivity contribution >= 4 is 11.9 Å². The second-order valence-electron chi connectivity index (χ2n) is 5.98. The van der Waals surface area contributed by atoms with E-state index in [4.69, 9.17) is 9.47 Å². The van der Waals surface area contributed by atoms with Crippen LogP contribution >= 0.6 is 0 Å². The summed E-state index contributed by atoms with van der Waals surface area (Å²) < 4.78 is 10.3. The average molecular weight is 351 g/mol. The van der Waals surface area contributed by atoms with E-state index < -0.39 is 5.92 Å². The van der Waals surface area contributed by atoms with Crippen LogP contribution in [0.3, 0.4) is 0 Å². The van der Waals surface area contributed by atoms with E-state index in [0.717, 1.165) is 5.75 Å². The Kier molecular flexibility index (Phi) is 9.62. The van der Waals surface area contributed by atoms with Crippen molar-refractivity contribution in [2.75, 3.05) is 26.9 Å². The van der Waals surface area contributed by atoms with Crippen LogP contribution in [0.15, 0.2) is 30.3 Å². The number of aliphatic hydroxyl groups is 1. The van der Waals surface area contributed by atoms with Gasteiger partial charge in [0.05, 0.1) is 32.3 Å². The molecule has 2 unspecified atom stereocenters. The molecule has 0 heterocycles. The lowest BCUT2D eigenvalue weighted by Crippen LogP contribution is -2.45. The summed E-state index contributed by atoms with van der Waals surface area (Å²) in [5.74, 6) is -0.116. The number of methoxy groups -OCH3 is 1. The third kappa shape index (κ3) is 7.13. The number of hydrogen-bond donors (Lipinski definition) is 1. The summed E-state index contributed by atoms with van der Waals surface area (Å²) in [6, 6.07) is 9.13. The van der Waals surface area contributed by atoms with Crippen LogP contribution in [0.4, 0.5) is 0 Å². The Hall–Kier alpha value is -2.08. The fourth-order valence-corrected chi connectivity index (χ4v) is 2.55. The first kappa shape index (κ1) is 21.0. The number of hydrogen-bond acceptors (Lipinski definition) is 5. The molecule has 1 rings (SSSR count). The summed E-state index contributed by atoms with van der Waals surface area (Å²) in [6.45, 7) is 4.17. The van der Waals surface area contributed by atoms with Crippen LogP contribution in [0.1, 0.15) is 33.1 Å². The number of ether oxygens (including phenoxy) is 2. The SMILES string of the molecule is CCC(CO)N(CC(C)C(=O)OC)C(=O)CCCOc1ccccc1. The molecule has 0 aliphatic carbocycles. The molecule has 0 aromatic heterocycles. The zero-order valence-electron chi connectivity index (χ0n) is 15.3. The maximum absolute atomic E-state index is 12.6. The average Bonchev–Trinajstić information content (AvgIpc) is 2.65. The van der Waals surface area contributed by atoms with Crippen LogP contribution in [-0.4, -0.2) is 54.8 Å². The van der Waals surface area contributed by atoms with Gasteiger partial charge in [0, 0.05) is 13.0 Å². The van der Waals surface area contributed by atoms with Gasteiger partial charge in [-0.05, 0) is 25.0 Å². The van der Waals surface area contributed by atoms with Gasteiger partial charge in [0.2, 0.25) is 5.91 Å². The maximum Gasteiger partial charge on any atom is 0.310 e. The van der Waals surface area contributed by atoms with Crippen LogP contribution in [0.5, 0.6) is 5.75 Å². The number of carbonyl (C=O) groups excluding carboxylic acids is 2. The zero-order chi connectivity index (χ0) is 18.7. The van der Waals surface area contributed by atoms with Crippen LogP contribution < -0.4 is 4.74 Å². The Morgan fingerprint density at radius 3 is 2.48 bits per heavy atom. The van der Waals surface area contributed by atoms with E-state index in [1.807, 2.05) is 37.3 Å². The highest BCUT2D eigenvalue weighted by molar-refractivity contribution is 5.78. The highest BCUT2D eigenvalue weighted by Gasteiger charge is 2.26. The highest BCUT2D eigenvalue weighted by Crippen LogP contribution is 2.13. The minimum absolute atomic E-state index is 0.0895. The molecule has 0 aliphatic rings. The lowest BCUT2D eigenvalue weighted by Gasteiger charge is -2.31. The minimum atomic E-state index is -0.435. The van der Waals surface area contributed by atoms with Gasteiger partial charge in [-0.3, -0.25) is 9.59 Å². The molecule has 1 N–H and O–H groups in total. The molecule has 1 aromatic rings. The molecular formula is C19H29NO5. The summed E-state index contributed by atoms with van der Waals surface area (Å²) in [5.41, 5.74) is 0. The predicted molar refractivity (Wildman–Crippen MR) is 95.2 cm³/mol.